The standard InChI is InChI=1S/C12H16ClNO/c1-8(14-15-2)10-7-11(10)9-5-3-4-6-12(9)13/h3-6,8,10-11,14H,7H2,1-2H3/t8?,10-,11+/m1/s1. The van der Waals surface area contributed by atoms with Crippen molar-refractivity contribution in [2.75, 3.05) is 7.11 Å². The summed E-state index contributed by atoms with van der Waals surface area (Å²) in [6, 6.07) is 8.48. The molecule has 1 aromatic carbocycles. The molecule has 1 aromatic rings. The van der Waals surface area contributed by atoms with E-state index < -0.39 is 0 Å². The highest BCUT2D eigenvalue weighted by Gasteiger charge is 2.42. The highest BCUT2D eigenvalue weighted by molar-refractivity contribution is 6.31. The summed E-state index contributed by atoms with van der Waals surface area (Å²) in [6.45, 7) is 2.14. The Bertz CT molecular complexity index is 342. The molecule has 1 aliphatic rings. The lowest BCUT2D eigenvalue weighted by molar-refractivity contribution is 0.0591. The summed E-state index contributed by atoms with van der Waals surface area (Å²) >= 11 is 6.15. The molecule has 2 rings (SSSR count). The van der Waals surface area contributed by atoms with Crippen molar-refractivity contribution >= 4 is 11.6 Å². The molecule has 0 aromatic heterocycles. The van der Waals surface area contributed by atoms with E-state index in [2.05, 4.69) is 18.5 Å². The maximum absolute atomic E-state index is 6.15. The lowest BCUT2D eigenvalue weighted by Gasteiger charge is -2.11. The van der Waals surface area contributed by atoms with Crippen molar-refractivity contribution in [1.29, 1.82) is 0 Å². The van der Waals surface area contributed by atoms with E-state index in [0.29, 0.717) is 17.9 Å². The number of benzene rings is 1. The largest absolute Gasteiger partial charge is 0.305 e. The molecule has 1 aliphatic carbocycles. The Morgan fingerprint density at radius 1 is 1.47 bits per heavy atom. The molecule has 3 atom stereocenters. The molecule has 1 fully saturated rings. The van der Waals surface area contributed by atoms with Gasteiger partial charge in [-0.25, -0.2) is 0 Å². The van der Waals surface area contributed by atoms with Gasteiger partial charge in [-0.15, -0.1) is 0 Å². The molecule has 0 amide bonds. The van der Waals surface area contributed by atoms with E-state index in [1.165, 1.54) is 12.0 Å². The van der Waals surface area contributed by atoms with E-state index in [1.54, 1.807) is 7.11 Å². The Morgan fingerprint density at radius 3 is 2.87 bits per heavy atom. The van der Waals surface area contributed by atoms with E-state index in [9.17, 15) is 0 Å². The van der Waals surface area contributed by atoms with Crippen LogP contribution in [0.2, 0.25) is 5.02 Å². The molecule has 0 saturated heterocycles. The van der Waals surface area contributed by atoms with Gasteiger partial charge in [-0.3, -0.25) is 0 Å². The number of hydrogen-bond acceptors (Lipinski definition) is 2. The average Bonchev–Trinajstić information content (AvgIpc) is 2.98. The van der Waals surface area contributed by atoms with Crippen LogP contribution in [0.1, 0.15) is 24.8 Å². The molecule has 15 heavy (non-hydrogen) atoms. The molecule has 0 radical (unpaired) electrons. The third-order valence-electron chi connectivity index (χ3n) is 3.09. The quantitative estimate of drug-likeness (QED) is 0.796. The van der Waals surface area contributed by atoms with E-state index in [4.69, 9.17) is 16.4 Å². The molecule has 0 bridgehead atoms. The smallest absolute Gasteiger partial charge is 0.0572 e. The van der Waals surface area contributed by atoms with Crippen LogP contribution in [-0.4, -0.2) is 13.2 Å². The lowest BCUT2D eigenvalue weighted by Crippen LogP contribution is -2.27. The van der Waals surface area contributed by atoms with Crippen LogP contribution in [0.4, 0.5) is 0 Å². The SMILES string of the molecule is CONC(C)[C@H]1C[C@H]1c1ccccc1Cl. The molecule has 0 heterocycles. The number of hydrogen-bond donors (Lipinski definition) is 1. The monoisotopic (exact) mass is 225 g/mol. The molecular formula is C12H16ClNO. The normalized spacial score (nSPS) is 26.3. The van der Waals surface area contributed by atoms with Crippen LogP contribution in [0.15, 0.2) is 24.3 Å². The Labute approximate surface area is 95.5 Å². The fourth-order valence-corrected chi connectivity index (χ4v) is 2.45. The van der Waals surface area contributed by atoms with Crippen LogP contribution in [0.25, 0.3) is 0 Å². The highest BCUT2D eigenvalue weighted by atomic mass is 35.5. The first kappa shape index (κ1) is 10.9. The summed E-state index contributed by atoms with van der Waals surface area (Å²) in [7, 11) is 1.66. The molecule has 82 valence electrons. The van der Waals surface area contributed by atoms with Gasteiger partial charge in [0.15, 0.2) is 0 Å². The summed E-state index contributed by atoms with van der Waals surface area (Å²) in [5.41, 5.74) is 4.26. The fourth-order valence-electron chi connectivity index (χ4n) is 2.17. The van der Waals surface area contributed by atoms with E-state index in [0.717, 1.165) is 5.02 Å². The second-order valence-corrected chi connectivity index (χ2v) is 4.55. The summed E-state index contributed by atoms with van der Waals surface area (Å²) in [5.74, 6) is 1.24. The van der Waals surface area contributed by atoms with Crippen molar-refractivity contribution in [3.8, 4) is 0 Å². The van der Waals surface area contributed by atoms with Gasteiger partial charge in [0.25, 0.3) is 0 Å². The van der Waals surface area contributed by atoms with Crippen LogP contribution in [0, 0.1) is 5.92 Å². The molecule has 3 heteroatoms. The third kappa shape index (κ3) is 2.33. The van der Waals surface area contributed by atoms with Crippen LogP contribution in [-0.2, 0) is 4.84 Å². The van der Waals surface area contributed by atoms with Crippen molar-refractivity contribution in [3.63, 3.8) is 0 Å². The molecule has 2 nitrogen and oxygen atoms in total. The van der Waals surface area contributed by atoms with Gasteiger partial charge in [0.05, 0.1) is 7.11 Å². The number of nitrogens with one attached hydrogen (secondary N) is 1. The van der Waals surface area contributed by atoms with Crippen molar-refractivity contribution < 1.29 is 4.84 Å². The maximum Gasteiger partial charge on any atom is 0.0572 e. The number of rotatable bonds is 4. The molecule has 1 unspecified atom stereocenters. The Balaban J connectivity index is 2.02. The number of hydroxylamine groups is 1. The van der Waals surface area contributed by atoms with E-state index in [-0.39, 0.29) is 0 Å². The summed E-state index contributed by atoms with van der Waals surface area (Å²) in [4.78, 5) is 4.94. The molecule has 1 N–H and O–H groups in total. The molecule has 0 aliphatic heterocycles. The molecular weight excluding hydrogens is 210 g/mol. The fraction of sp³-hybridized carbons (Fsp3) is 0.500. The zero-order valence-corrected chi connectivity index (χ0v) is 9.79. The van der Waals surface area contributed by atoms with Gasteiger partial charge in [-0.05, 0) is 36.8 Å². The van der Waals surface area contributed by atoms with E-state index in [1.807, 2.05) is 18.2 Å². The van der Waals surface area contributed by atoms with Crippen molar-refractivity contribution in [2.45, 2.75) is 25.3 Å². The van der Waals surface area contributed by atoms with Gasteiger partial charge in [0, 0.05) is 11.1 Å². The van der Waals surface area contributed by atoms with Gasteiger partial charge in [-0.1, -0.05) is 29.8 Å². The average molecular weight is 226 g/mol. The Hall–Kier alpha value is -0.570. The zero-order valence-electron chi connectivity index (χ0n) is 9.03. The minimum atomic E-state index is 0.385. The van der Waals surface area contributed by atoms with Crippen molar-refractivity contribution in [3.05, 3.63) is 34.9 Å². The second-order valence-electron chi connectivity index (χ2n) is 4.14. The Kier molecular flexibility index (Phi) is 3.29. The van der Waals surface area contributed by atoms with Crippen LogP contribution < -0.4 is 5.48 Å². The van der Waals surface area contributed by atoms with Gasteiger partial charge < -0.3 is 4.84 Å². The highest BCUT2D eigenvalue weighted by Crippen LogP contribution is 2.51. The van der Waals surface area contributed by atoms with Crippen LogP contribution >= 0.6 is 11.6 Å². The van der Waals surface area contributed by atoms with E-state index >= 15 is 0 Å². The predicted molar refractivity (Wildman–Crippen MR) is 61.9 cm³/mol. The maximum atomic E-state index is 6.15. The van der Waals surface area contributed by atoms with Crippen molar-refractivity contribution in [1.82, 2.24) is 5.48 Å². The van der Waals surface area contributed by atoms with Gasteiger partial charge >= 0.3 is 0 Å². The predicted octanol–water partition coefficient (Wildman–Crippen LogP) is 2.98. The van der Waals surface area contributed by atoms with Gasteiger partial charge in [-0.2, -0.15) is 5.48 Å². The topological polar surface area (TPSA) is 21.3 Å². The Morgan fingerprint density at radius 2 is 2.20 bits per heavy atom. The zero-order chi connectivity index (χ0) is 10.8. The summed E-state index contributed by atoms with van der Waals surface area (Å²) < 4.78 is 0. The van der Waals surface area contributed by atoms with Gasteiger partial charge in [0.2, 0.25) is 0 Å². The molecule has 0 spiro atoms. The first-order chi connectivity index (χ1) is 7.24. The minimum Gasteiger partial charge on any atom is -0.305 e. The lowest BCUT2D eigenvalue weighted by atomic mass is 10.1. The van der Waals surface area contributed by atoms with Gasteiger partial charge in [0.1, 0.15) is 0 Å². The van der Waals surface area contributed by atoms with Crippen LogP contribution in [0.5, 0.6) is 0 Å². The first-order valence-electron chi connectivity index (χ1n) is 5.27. The van der Waals surface area contributed by atoms with Crippen LogP contribution in [0.3, 0.4) is 0 Å². The third-order valence-corrected chi connectivity index (χ3v) is 3.43. The molecule has 1 saturated carbocycles. The minimum absolute atomic E-state index is 0.385. The summed E-state index contributed by atoms with van der Waals surface area (Å²) in [5, 5.41) is 0.884. The van der Waals surface area contributed by atoms with Crippen molar-refractivity contribution in [2.24, 2.45) is 5.92 Å². The number of halogens is 1. The second kappa shape index (κ2) is 4.52. The summed E-state index contributed by atoms with van der Waals surface area (Å²) in [6.07, 6.45) is 1.20. The first-order valence-corrected chi connectivity index (χ1v) is 5.64.